The first-order valence-corrected chi connectivity index (χ1v) is 17.8. The summed E-state index contributed by atoms with van der Waals surface area (Å²) in [6.07, 6.45) is 3.84. The van der Waals surface area contributed by atoms with Crippen LogP contribution in [0, 0.1) is 11.8 Å². The van der Waals surface area contributed by atoms with Crippen molar-refractivity contribution >= 4 is 41.9 Å². The smallest absolute Gasteiger partial charge is 0.417 e. The monoisotopic (exact) mass is 749 g/mol. The largest absolute Gasteiger partial charge is 0.443 e. The van der Waals surface area contributed by atoms with Gasteiger partial charge in [-0.15, -0.1) is 0 Å². The van der Waals surface area contributed by atoms with Crippen LogP contribution in [0.15, 0.2) is 30.3 Å². The van der Waals surface area contributed by atoms with E-state index in [9.17, 15) is 38.7 Å². The highest BCUT2D eigenvalue weighted by Gasteiger charge is 2.38. The molecule has 0 bridgehead atoms. The first kappa shape index (κ1) is 46.6. The molecule has 1 aromatic carbocycles. The van der Waals surface area contributed by atoms with Gasteiger partial charge >= 0.3 is 6.09 Å². The number of rotatable bonds is 22. The molecule has 53 heavy (non-hydrogen) atoms. The third-order valence-corrected chi connectivity index (χ3v) is 8.30. The van der Waals surface area contributed by atoms with Crippen LogP contribution < -0.4 is 32.7 Å². The summed E-state index contributed by atoms with van der Waals surface area (Å²) in [7, 11) is 0. The Bertz CT molecular complexity index is 1360. The lowest BCUT2D eigenvalue weighted by molar-refractivity contribution is -0.141. The molecule has 10 N–H and O–H groups in total. The number of imide groups is 1. The minimum Gasteiger partial charge on any atom is -0.443 e. The molecular weight excluding hydrogens is 690 g/mol. The molecule has 0 aliphatic carbocycles. The van der Waals surface area contributed by atoms with Gasteiger partial charge in [0.05, 0.1) is 12.6 Å². The van der Waals surface area contributed by atoms with Gasteiger partial charge in [0.2, 0.25) is 23.6 Å². The van der Waals surface area contributed by atoms with E-state index in [1.807, 2.05) is 18.2 Å². The average Bonchev–Trinajstić information content (AvgIpc) is 3.11. The van der Waals surface area contributed by atoms with Crippen LogP contribution in [0.1, 0.15) is 72.8 Å². The van der Waals surface area contributed by atoms with Crippen LogP contribution in [0.25, 0.3) is 0 Å². The predicted molar refractivity (Wildman–Crippen MR) is 196 cm³/mol. The average molecular weight is 750 g/mol. The first-order valence-electron chi connectivity index (χ1n) is 17.8. The Balaban J connectivity index is 2.86. The van der Waals surface area contributed by atoms with Crippen molar-refractivity contribution in [3.63, 3.8) is 0 Å². The predicted octanol–water partition coefficient (Wildman–Crippen LogP) is -0.746. The molecule has 6 amide bonds. The van der Waals surface area contributed by atoms with Gasteiger partial charge in [0, 0.05) is 31.5 Å². The second-order valence-electron chi connectivity index (χ2n) is 14.0. The molecule has 17 heteroatoms. The van der Waals surface area contributed by atoms with Crippen LogP contribution in [0.2, 0.25) is 0 Å². The third-order valence-electron chi connectivity index (χ3n) is 8.30. The summed E-state index contributed by atoms with van der Waals surface area (Å²) in [5.74, 6) is -6.24. The summed E-state index contributed by atoms with van der Waals surface area (Å²) in [6, 6.07) is 3.19. The molecule has 0 radical (unpaired) electrons. The van der Waals surface area contributed by atoms with E-state index in [0.29, 0.717) is 24.2 Å². The molecule has 7 atom stereocenters. The zero-order chi connectivity index (χ0) is 40.3. The van der Waals surface area contributed by atoms with Crippen molar-refractivity contribution in [2.24, 2.45) is 23.3 Å². The molecule has 0 spiro atoms. The third kappa shape index (κ3) is 16.4. The van der Waals surface area contributed by atoms with E-state index in [1.165, 1.54) is 26.3 Å². The quantitative estimate of drug-likeness (QED) is 0.0538. The Hall–Kier alpha value is -4.45. The number of aliphatic hydroxyl groups is 2. The minimum absolute atomic E-state index is 0.335. The molecule has 298 valence electrons. The van der Waals surface area contributed by atoms with Gasteiger partial charge in [-0.1, -0.05) is 50.1 Å². The van der Waals surface area contributed by atoms with Crippen LogP contribution in [-0.4, -0.2) is 119 Å². The number of benzene rings is 1. The lowest BCUT2D eigenvalue weighted by Crippen LogP contribution is -2.59. The summed E-state index contributed by atoms with van der Waals surface area (Å²) in [4.78, 5) is 90.1. The second kappa shape index (κ2) is 23.3. The topological polar surface area (TPSA) is 273 Å². The molecule has 0 aromatic heterocycles. The van der Waals surface area contributed by atoms with Gasteiger partial charge in [-0.05, 0) is 59.4 Å². The number of nitrogens with zero attached hydrogens (tertiary/aromatic N) is 1. The standard InChI is InChI=1S/C36H59N7O10/c1-22(19-44)29(33(50)39-17-13-8-7-10-14-25-15-11-9-12-16-25)42-32(49)28(38)26(20-45)18-40-30(47)24(3)43(35(52)53-36(4,5)6)34(51)23(2)41-31(48)27(37)21-46/h9,11-12,15-16,19,22-24,26-29,45-46H,7-8,10,13-14,17-18,20-21,37-38H2,1-6H3,(H,39,50)(H,40,47)(H,41,48)(H,42,49)/t22?,23-,24-,26?,27-,28-,29-/m0/s1. The van der Waals surface area contributed by atoms with E-state index in [-0.39, 0.29) is 0 Å². The van der Waals surface area contributed by atoms with E-state index < -0.39 is 103 Å². The number of aryl methyl sites for hydroxylation is 1. The Labute approximate surface area is 311 Å². The van der Waals surface area contributed by atoms with E-state index in [0.717, 1.165) is 25.7 Å². The van der Waals surface area contributed by atoms with Crippen LogP contribution in [0.4, 0.5) is 4.79 Å². The number of aliphatic hydroxyl groups excluding tert-OH is 2. The SMILES string of the molecule is CC(C=O)[C@H](NC(=O)[C@@H](N)C(CO)CNC(=O)[C@H](C)N(C(=O)OC(C)(C)C)C(=O)[C@H](C)NC(=O)[C@@H](N)CO)C(=O)NCCCCCCc1ccccc1. The lowest BCUT2D eigenvalue weighted by Gasteiger charge is -2.32. The molecule has 0 fully saturated rings. The number of amides is 6. The maximum Gasteiger partial charge on any atom is 0.417 e. The summed E-state index contributed by atoms with van der Waals surface area (Å²) in [6.45, 7) is 7.12. The number of ether oxygens (including phenoxy) is 1. The zero-order valence-corrected chi connectivity index (χ0v) is 31.6. The first-order chi connectivity index (χ1) is 24.9. The highest BCUT2D eigenvalue weighted by molar-refractivity contribution is 6.01. The molecule has 2 unspecified atom stereocenters. The summed E-state index contributed by atoms with van der Waals surface area (Å²) < 4.78 is 5.32. The second-order valence-corrected chi connectivity index (χ2v) is 14.0. The van der Waals surface area contributed by atoms with Crippen molar-refractivity contribution in [1.82, 2.24) is 26.2 Å². The van der Waals surface area contributed by atoms with Crippen LogP contribution >= 0.6 is 0 Å². The summed E-state index contributed by atoms with van der Waals surface area (Å²) in [5, 5.41) is 29.1. The Morgan fingerprint density at radius 3 is 2.02 bits per heavy atom. The van der Waals surface area contributed by atoms with Crippen molar-refractivity contribution in [3.05, 3.63) is 35.9 Å². The van der Waals surface area contributed by atoms with Gasteiger partial charge in [0.25, 0.3) is 5.91 Å². The number of aldehydes is 1. The van der Waals surface area contributed by atoms with E-state index in [2.05, 4.69) is 33.4 Å². The number of unbranched alkanes of at least 4 members (excludes halogenated alkanes) is 3. The Morgan fingerprint density at radius 1 is 0.830 bits per heavy atom. The van der Waals surface area contributed by atoms with Gasteiger partial charge < -0.3 is 52.5 Å². The van der Waals surface area contributed by atoms with Gasteiger partial charge in [-0.2, -0.15) is 0 Å². The maximum absolute atomic E-state index is 13.3. The number of nitrogens with one attached hydrogen (secondary N) is 4. The van der Waals surface area contributed by atoms with E-state index in [1.54, 1.807) is 20.8 Å². The van der Waals surface area contributed by atoms with Crippen molar-refractivity contribution < 1.29 is 48.5 Å². The molecule has 0 saturated heterocycles. The Kier molecular flexibility index (Phi) is 20.4. The number of hydrogen-bond donors (Lipinski definition) is 8. The van der Waals surface area contributed by atoms with Crippen molar-refractivity contribution in [2.75, 3.05) is 26.3 Å². The van der Waals surface area contributed by atoms with Crippen molar-refractivity contribution in [2.45, 2.75) is 109 Å². The van der Waals surface area contributed by atoms with Crippen molar-refractivity contribution in [1.29, 1.82) is 0 Å². The van der Waals surface area contributed by atoms with Gasteiger partial charge in [-0.25, -0.2) is 9.69 Å². The molecule has 0 heterocycles. The normalized spacial score (nSPS) is 15.3. The summed E-state index contributed by atoms with van der Waals surface area (Å²) >= 11 is 0. The molecule has 0 aliphatic heterocycles. The fourth-order valence-corrected chi connectivity index (χ4v) is 4.98. The van der Waals surface area contributed by atoms with Gasteiger partial charge in [0.15, 0.2) is 0 Å². The maximum atomic E-state index is 13.3. The Morgan fingerprint density at radius 2 is 1.45 bits per heavy atom. The van der Waals surface area contributed by atoms with E-state index in [4.69, 9.17) is 21.3 Å². The van der Waals surface area contributed by atoms with Gasteiger partial charge in [0.1, 0.15) is 36.1 Å². The van der Waals surface area contributed by atoms with Gasteiger partial charge in [-0.3, -0.25) is 24.0 Å². The van der Waals surface area contributed by atoms with E-state index >= 15 is 0 Å². The number of nitrogens with two attached hydrogens (primary N) is 2. The van der Waals surface area contributed by atoms with Crippen LogP contribution in [0.3, 0.4) is 0 Å². The zero-order valence-electron chi connectivity index (χ0n) is 31.6. The number of hydrogen-bond acceptors (Lipinski definition) is 12. The lowest BCUT2D eigenvalue weighted by atomic mass is 9.97. The number of carbonyl (C=O) groups is 7. The molecular formula is C36H59N7O10. The minimum atomic E-state index is -1.52. The summed E-state index contributed by atoms with van der Waals surface area (Å²) in [5.41, 5.74) is 11.8. The highest BCUT2D eigenvalue weighted by Crippen LogP contribution is 2.15. The molecule has 1 aromatic rings. The molecule has 0 aliphatic rings. The number of carbonyl (C=O) groups excluding carboxylic acids is 7. The van der Waals surface area contributed by atoms with Crippen LogP contribution in [0.5, 0.6) is 0 Å². The molecule has 17 nitrogen and oxygen atoms in total. The fourth-order valence-electron chi connectivity index (χ4n) is 4.98. The molecule has 1 rings (SSSR count). The molecule has 0 saturated carbocycles. The fraction of sp³-hybridized carbons (Fsp3) is 0.639. The van der Waals surface area contributed by atoms with Crippen LogP contribution in [-0.2, 0) is 39.9 Å². The highest BCUT2D eigenvalue weighted by atomic mass is 16.6. The van der Waals surface area contributed by atoms with Crippen molar-refractivity contribution in [3.8, 4) is 0 Å².